The van der Waals surface area contributed by atoms with Crippen LogP contribution >= 0.6 is 12.2 Å². The molecule has 7 nitrogen and oxygen atoms in total. The molecule has 3 N–H and O–H groups in total. The molecule has 4 aromatic rings. The van der Waals surface area contributed by atoms with E-state index in [4.69, 9.17) is 21.7 Å². The first-order valence-corrected chi connectivity index (χ1v) is 12.4. The van der Waals surface area contributed by atoms with Crippen LogP contribution in [0, 0.1) is 0 Å². The van der Waals surface area contributed by atoms with Gasteiger partial charge in [-0.25, -0.2) is 0 Å². The van der Waals surface area contributed by atoms with Crippen molar-refractivity contribution in [3.05, 3.63) is 131 Å². The Morgan fingerprint density at radius 2 is 1.37 bits per heavy atom. The fourth-order valence-corrected chi connectivity index (χ4v) is 3.71. The third-order valence-electron chi connectivity index (χ3n) is 5.48. The minimum atomic E-state index is -0.459. The molecule has 4 rings (SSSR count). The van der Waals surface area contributed by atoms with E-state index in [9.17, 15) is 9.59 Å². The highest BCUT2D eigenvalue weighted by Gasteiger charge is 2.14. The lowest BCUT2D eigenvalue weighted by Crippen LogP contribution is -2.48. The molecule has 0 saturated heterocycles. The van der Waals surface area contributed by atoms with E-state index in [1.807, 2.05) is 60.7 Å². The smallest absolute Gasteiger partial charge is 0.273 e. The zero-order valence-corrected chi connectivity index (χ0v) is 21.4. The number of hydrogen-bond donors (Lipinski definition) is 3. The highest BCUT2D eigenvalue weighted by Crippen LogP contribution is 2.19. The van der Waals surface area contributed by atoms with Gasteiger partial charge in [-0.1, -0.05) is 78.9 Å². The molecule has 0 radical (unpaired) electrons. The summed E-state index contributed by atoms with van der Waals surface area (Å²) >= 11 is 5.18. The van der Waals surface area contributed by atoms with Crippen molar-refractivity contribution in [3.63, 3.8) is 0 Å². The van der Waals surface area contributed by atoms with Gasteiger partial charge < -0.3 is 9.47 Å². The maximum absolute atomic E-state index is 12.7. The maximum atomic E-state index is 12.7. The fraction of sp³-hybridized carbons (Fsp3) is 0.100. The quantitative estimate of drug-likeness (QED) is 0.214. The first kappa shape index (κ1) is 26.4. The lowest BCUT2D eigenvalue weighted by molar-refractivity contribution is 0.0930. The van der Waals surface area contributed by atoms with Gasteiger partial charge in [0.2, 0.25) is 0 Å². The van der Waals surface area contributed by atoms with Crippen LogP contribution in [0.5, 0.6) is 11.5 Å². The van der Waals surface area contributed by atoms with Crippen LogP contribution in [0.2, 0.25) is 0 Å². The van der Waals surface area contributed by atoms with Crippen LogP contribution in [0.1, 0.15) is 31.8 Å². The Kier molecular flexibility index (Phi) is 9.42. The Bertz CT molecular complexity index is 1380. The van der Waals surface area contributed by atoms with Crippen molar-refractivity contribution in [1.29, 1.82) is 0 Å². The van der Waals surface area contributed by atoms with Gasteiger partial charge in [0.25, 0.3) is 11.8 Å². The van der Waals surface area contributed by atoms with E-state index >= 15 is 0 Å². The number of hydrogen-bond acceptors (Lipinski definition) is 5. The molecule has 192 valence electrons. The van der Waals surface area contributed by atoms with Gasteiger partial charge in [0.15, 0.2) is 5.11 Å². The monoisotopic (exact) mass is 525 g/mol. The van der Waals surface area contributed by atoms with Gasteiger partial charge in [-0.05, 0) is 53.7 Å². The zero-order valence-electron chi connectivity index (χ0n) is 20.6. The summed E-state index contributed by atoms with van der Waals surface area (Å²) in [7, 11) is 0. The molecule has 38 heavy (non-hydrogen) atoms. The summed E-state index contributed by atoms with van der Waals surface area (Å²) in [5, 5.41) is 2.50. The highest BCUT2D eigenvalue weighted by atomic mass is 32.1. The van der Waals surface area contributed by atoms with Crippen molar-refractivity contribution in [2.75, 3.05) is 6.61 Å². The average Bonchev–Trinajstić information content (AvgIpc) is 2.96. The molecule has 8 heteroatoms. The van der Waals surface area contributed by atoms with Crippen molar-refractivity contribution in [1.82, 2.24) is 16.2 Å². The van der Waals surface area contributed by atoms with Crippen LogP contribution < -0.4 is 25.6 Å². The van der Waals surface area contributed by atoms with Gasteiger partial charge >= 0.3 is 0 Å². The Morgan fingerprint density at radius 3 is 2.13 bits per heavy atom. The molecule has 4 aromatic carbocycles. The molecule has 0 aliphatic carbocycles. The van der Waals surface area contributed by atoms with E-state index in [0.717, 1.165) is 12.0 Å². The number of thiocarbonyl (C=S) groups is 1. The van der Waals surface area contributed by atoms with Crippen LogP contribution in [0.15, 0.2) is 109 Å². The molecule has 0 saturated carbocycles. The molecule has 0 bridgehead atoms. The van der Waals surface area contributed by atoms with Crippen LogP contribution in [-0.2, 0) is 13.0 Å². The average molecular weight is 526 g/mol. The van der Waals surface area contributed by atoms with Gasteiger partial charge in [-0.15, -0.1) is 0 Å². The second kappa shape index (κ2) is 13.6. The molecule has 0 aliphatic rings. The number of benzene rings is 4. The van der Waals surface area contributed by atoms with Crippen molar-refractivity contribution < 1.29 is 19.1 Å². The largest absolute Gasteiger partial charge is 0.493 e. The second-order valence-electron chi connectivity index (χ2n) is 8.24. The molecule has 0 aliphatic heterocycles. The number of nitrogens with one attached hydrogen (secondary N) is 3. The third kappa shape index (κ3) is 7.91. The van der Waals surface area contributed by atoms with Gasteiger partial charge in [-0.2, -0.15) is 0 Å². The van der Waals surface area contributed by atoms with Crippen LogP contribution in [0.4, 0.5) is 0 Å². The molecule has 0 heterocycles. The first-order chi connectivity index (χ1) is 18.6. The Morgan fingerprint density at radius 1 is 0.684 bits per heavy atom. The summed E-state index contributed by atoms with van der Waals surface area (Å²) < 4.78 is 11.6. The number of ether oxygens (including phenoxy) is 2. The molecule has 0 atom stereocenters. The SMILES string of the molecule is O=C(NC(=S)NNC(=O)c1ccccc1OCc1ccccc1)c1cccc(OCCc2ccccc2)c1. The standard InChI is InChI=1S/C30H27N3O4S/c34-28(24-14-9-15-25(20-24)36-19-18-22-10-3-1-4-11-22)31-30(38)33-32-29(35)26-16-7-8-17-27(26)37-21-23-12-5-2-6-13-23/h1-17,20H,18-19,21H2,(H,32,35)(H2,31,33,34,38). The summed E-state index contributed by atoms with van der Waals surface area (Å²) in [5.41, 5.74) is 7.91. The molecule has 0 unspecified atom stereocenters. The Balaban J connectivity index is 1.26. The second-order valence-corrected chi connectivity index (χ2v) is 8.65. The van der Waals surface area contributed by atoms with E-state index in [0.29, 0.717) is 35.8 Å². The van der Waals surface area contributed by atoms with Crippen LogP contribution in [0.3, 0.4) is 0 Å². The van der Waals surface area contributed by atoms with E-state index < -0.39 is 11.8 Å². The number of carbonyl (C=O) groups is 2. The summed E-state index contributed by atoms with van der Waals surface area (Å²) in [6, 6.07) is 33.4. The van der Waals surface area contributed by atoms with Gasteiger partial charge in [0, 0.05) is 12.0 Å². The fourth-order valence-electron chi connectivity index (χ4n) is 3.56. The molecule has 0 fully saturated rings. The van der Waals surface area contributed by atoms with Crippen molar-refractivity contribution in [3.8, 4) is 11.5 Å². The minimum Gasteiger partial charge on any atom is -0.493 e. The molecule has 2 amide bonds. The van der Waals surface area contributed by atoms with Gasteiger partial charge in [0.05, 0.1) is 12.2 Å². The summed E-state index contributed by atoms with van der Waals surface area (Å²) in [4.78, 5) is 25.4. The summed E-state index contributed by atoms with van der Waals surface area (Å²) in [6.45, 7) is 0.805. The summed E-state index contributed by atoms with van der Waals surface area (Å²) in [5.74, 6) is 0.110. The topological polar surface area (TPSA) is 88.7 Å². The van der Waals surface area contributed by atoms with E-state index in [1.165, 1.54) is 5.56 Å². The van der Waals surface area contributed by atoms with Crippen molar-refractivity contribution >= 4 is 29.1 Å². The lowest BCUT2D eigenvalue weighted by atomic mass is 10.2. The highest BCUT2D eigenvalue weighted by molar-refractivity contribution is 7.80. The predicted octanol–water partition coefficient (Wildman–Crippen LogP) is 4.84. The number of amides is 2. The number of para-hydroxylation sites is 1. The van der Waals surface area contributed by atoms with Crippen LogP contribution in [0.25, 0.3) is 0 Å². The van der Waals surface area contributed by atoms with E-state index in [-0.39, 0.29) is 5.11 Å². The van der Waals surface area contributed by atoms with Crippen molar-refractivity contribution in [2.24, 2.45) is 0 Å². The first-order valence-electron chi connectivity index (χ1n) is 12.0. The van der Waals surface area contributed by atoms with E-state index in [1.54, 1.807) is 48.5 Å². The van der Waals surface area contributed by atoms with Crippen LogP contribution in [-0.4, -0.2) is 23.5 Å². The van der Waals surface area contributed by atoms with Gasteiger partial charge in [0.1, 0.15) is 18.1 Å². The zero-order chi connectivity index (χ0) is 26.6. The van der Waals surface area contributed by atoms with E-state index in [2.05, 4.69) is 16.2 Å². The maximum Gasteiger partial charge on any atom is 0.273 e. The minimum absolute atomic E-state index is 0.0542. The molecular weight excluding hydrogens is 498 g/mol. The molecular formula is C30H27N3O4S. The lowest BCUT2D eigenvalue weighted by Gasteiger charge is -2.14. The number of rotatable bonds is 9. The predicted molar refractivity (Wildman–Crippen MR) is 150 cm³/mol. The normalized spacial score (nSPS) is 10.2. The third-order valence-corrected chi connectivity index (χ3v) is 5.69. The number of hydrazine groups is 1. The molecule has 0 spiro atoms. The number of carbonyl (C=O) groups excluding carboxylic acids is 2. The Hall–Kier alpha value is -4.69. The molecule has 0 aromatic heterocycles. The summed E-state index contributed by atoms with van der Waals surface area (Å²) in [6.07, 6.45) is 0.755. The van der Waals surface area contributed by atoms with Crippen molar-refractivity contribution in [2.45, 2.75) is 13.0 Å². The Labute approximate surface area is 226 Å². The van der Waals surface area contributed by atoms with Gasteiger partial charge in [-0.3, -0.25) is 25.8 Å².